The lowest BCUT2D eigenvalue weighted by molar-refractivity contribution is -0.140. The van der Waals surface area contributed by atoms with Crippen LogP contribution in [0.1, 0.15) is 36.8 Å². The van der Waals surface area contributed by atoms with Crippen molar-refractivity contribution >= 4 is 11.8 Å². The van der Waals surface area contributed by atoms with Crippen LogP contribution in [0.4, 0.5) is 0 Å². The zero-order valence-corrected chi connectivity index (χ0v) is 13.5. The number of aromatic nitrogens is 2. The maximum atomic E-state index is 12.6. The molecule has 0 aliphatic carbocycles. The van der Waals surface area contributed by atoms with Gasteiger partial charge in [0, 0.05) is 32.9 Å². The van der Waals surface area contributed by atoms with E-state index in [2.05, 4.69) is 18.9 Å². The van der Waals surface area contributed by atoms with Gasteiger partial charge >= 0.3 is 0 Å². The van der Waals surface area contributed by atoms with E-state index in [-0.39, 0.29) is 11.8 Å². The van der Waals surface area contributed by atoms with Crippen molar-refractivity contribution in [3.05, 3.63) is 17.5 Å². The molecule has 21 heavy (non-hydrogen) atoms. The van der Waals surface area contributed by atoms with Gasteiger partial charge < -0.3 is 9.80 Å². The summed E-state index contributed by atoms with van der Waals surface area (Å²) in [4.78, 5) is 28.5. The summed E-state index contributed by atoms with van der Waals surface area (Å²) in [5.41, 5.74) is 1.28. The Labute approximate surface area is 125 Å². The molecule has 6 nitrogen and oxygen atoms in total. The third-order valence-electron chi connectivity index (χ3n) is 3.84. The molecule has 1 aliphatic heterocycles. The lowest BCUT2D eigenvalue weighted by Crippen LogP contribution is -2.58. The second-order valence-electron chi connectivity index (χ2n) is 6.15. The molecule has 1 fully saturated rings. The van der Waals surface area contributed by atoms with Crippen LogP contribution in [0, 0.1) is 12.8 Å². The van der Waals surface area contributed by atoms with Crippen LogP contribution in [0.5, 0.6) is 0 Å². The molecule has 2 rings (SSSR count). The van der Waals surface area contributed by atoms with Crippen molar-refractivity contribution in [3.8, 4) is 0 Å². The van der Waals surface area contributed by atoms with Gasteiger partial charge in [-0.05, 0) is 19.8 Å². The number of piperazine rings is 1. The summed E-state index contributed by atoms with van der Waals surface area (Å²) in [7, 11) is 1.79. The highest BCUT2D eigenvalue weighted by molar-refractivity contribution is 5.98. The van der Waals surface area contributed by atoms with Gasteiger partial charge in [0.05, 0.1) is 11.3 Å². The molecule has 1 aromatic heterocycles. The van der Waals surface area contributed by atoms with Crippen molar-refractivity contribution in [3.63, 3.8) is 0 Å². The highest BCUT2D eigenvalue weighted by atomic mass is 16.2. The largest absolute Gasteiger partial charge is 0.339 e. The monoisotopic (exact) mass is 292 g/mol. The van der Waals surface area contributed by atoms with Gasteiger partial charge in [0.25, 0.3) is 5.91 Å². The van der Waals surface area contributed by atoms with Crippen molar-refractivity contribution in [2.45, 2.75) is 33.7 Å². The summed E-state index contributed by atoms with van der Waals surface area (Å²) in [6.45, 7) is 9.73. The molecule has 2 amide bonds. The molecule has 0 N–H and O–H groups in total. The molecular weight excluding hydrogens is 268 g/mol. The average molecular weight is 292 g/mol. The predicted octanol–water partition coefficient (Wildman–Crippen LogP) is 1.06. The van der Waals surface area contributed by atoms with E-state index in [4.69, 9.17) is 0 Å². The summed E-state index contributed by atoms with van der Waals surface area (Å²) < 4.78 is 1.63. The number of carbonyl (C=O) groups is 2. The summed E-state index contributed by atoms with van der Waals surface area (Å²) in [6, 6.07) is -0.412. The van der Waals surface area contributed by atoms with E-state index in [1.807, 2.05) is 11.8 Å². The maximum Gasteiger partial charge on any atom is 0.258 e. The Hall–Kier alpha value is -1.85. The zero-order chi connectivity index (χ0) is 15.7. The molecule has 1 aliphatic rings. The molecule has 1 saturated heterocycles. The number of carbonyl (C=O) groups excluding carboxylic acids is 2. The lowest BCUT2D eigenvalue weighted by atomic mass is 10.1. The highest BCUT2D eigenvalue weighted by Gasteiger charge is 2.35. The number of hydrogen-bond acceptors (Lipinski definition) is 3. The molecule has 1 atom stereocenters. The molecule has 2 heterocycles. The van der Waals surface area contributed by atoms with Crippen molar-refractivity contribution in [1.82, 2.24) is 19.6 Å². The van der Waals surface area contributed by atoms with Crippen LogP contribution < -0.4 is 0 Å². The number of aryl methyl sites for hydroxylation is 2. The van der Waals surface area contributed by atoms with Gasteiger partial charge in [-0.25, -0.2) is 0 Å². The first-order chi connectivity index (χ1) is 9.81. The van der Waals surface area contributed by atoms with Crippen LogP contribution in [-0.4, -0.2) is 57.1 Å². The molecule has 1 aromatic rings. The van der Waals surface area contributed by atoms with Gasteiger partial charge in [0.15, 0.2) is 0 Å². The second-order valence-corrected chi connectivity index (χ2v) is 6.15. The molecule has 116 valence electrons. The van der Waals surface area contributed by atoms with Crippen molar-refractivity contribution < 1.29 is 9.59 Å². The quantitative estimate of drug-likeness (QED) is 0.837. The summed E-state index contributed by atoms with van der Waals surface area (Å²) in [5.74, 6) is 0.361. The first kappa shape index (κ1) is 15.5. The molecular formula is C15H24N4O2. The fourth-order valence-corrected chi connectivity index (χ4v) is 2.79. The van der Waals surface area contributed by atoms with Gasteiger partial charge in [-0.2, -0.15) is 5.10 Å². The second kappa shape index (κ2) is 5.87. The van der Waals surface area contributed by atoms with Crippen LogP contribution >= 0.6 is 0 Å². The summed E-state index contributed by atoms with van der Waals surface area (Å²) in [5, 5.41) is 4.20. The minimum Gasteiger partial charge on any atom is -0.339 e. The van der Waals surface area contributed by atoms with E-state index in [9.17, 15) is 9.59 Å². The van der Waals surface area contributed by atoms with Crippen LogP contribution in [0.25, 0.3) is 0 Å². The molecule has 0 radical (unpaired) electrons. The summed E-state index contributed by atoms with van der Waals surface area (Å²) in [6.07, 6.45) is 1.72. The molecule has 0 spiro atoms. The van der Waals surface area contributed by atoms with Crippen LogP contribution in [0.3, 0.4) is 0 Å². The Kier molecular flexibility index (Phi) is 4.34. The van der Waals surface area contributed by atoms with Crippen LogP contribution in [-0.2, 0) is 11.8 Å². The molecule has 0 bridgehead atoms. The van der Waals surface area contributed by atoms with Gasteiger partial charge in [-0.15, -0.1) is 0 Å². The van der Waals surface area contributed by atoms with Crippen molar-refractivity contribution in [2.75, 3.05) is 19.6 Å². The van der Waals surface area contributed by atoms with Gasteiger partial charge in [0.1, 0.15) is 6.04 Å². The SMILES string of the molecule is Cc1nn(C)cc1C(=O)N1CCN(CC(C)C)C(=O)C1C. The molecule has 0 saturated carbocycles. The van der Waals surface area contributed by atoms with E-state index in [1.165, 1.54) is 0 Å². The third kappa shape index (κ3) is 3.09. The zero-order valence-electron chi connectivity index (χ0n) is 13.5. The fourth-order valence-electron chi connectivity index (χ4n) is 2.79. The summed E-state index contributed by atoms with van der Waals surface area (Å²) >= 11 is 0. The molecule has 0 aromatic carbocycles. The topological polar surface area (TPSA) is 58.4 Å². The van der Waals surface area contributed by atoms with Crippen LogP contribution in [0.15, 0.2) is 6.20 Å². The Morgan fingerprint density at radius 1 is 1.43 bits per heavy atom. The third-order valence-corrected chi connectivity index (χ3v) is 3.84. The maximum absolute atomic E-state index is 12.6. The smallest absolute Gasteiger partial charge is 0.258 e. The Morgan fingerprint density at radius 3 is 2.62 bits per heavy atom. The fraction of sp³-hybridized carbons (Fsp3) is 0.667. The Morgan fingerprint density at radius 2 is 2.10 bits per heavy atom. The predicted molar refractivity (Wildman–Crippen MR) is 79.9 cm³/mol. The van der Waals surface area contributed by atoms with Crippen molar-refractivity contribution in [1.29, 1.82) is 0 Å². The van der Waals surface area contributed by atoms with Crippen LogP contribution in [0.2, 0.25) is 0 Å². The molecule has 6 heteroatoms. The van der Waals surface area contributed by atoms with Gasteiger partial charge in [-0.3, -0.25) is 14.3 Å². The lowest BCUT2D eigenvalue weighted by Gasteiger charge is -2.39. The van der Waals surface area contributed by atoms with E-state index in [0.717, 1.165) is 6.54 Å². The Bertz CT molecular complexity index is 550. The minimum absolute atomic E-state index is 0.0323. The Balaban J connectivity index is 2.14. The highest BCUT2D eigenvalue weighted by Crippen LogP contribution is 2.17. The van der Waals surface area contributed by atoms with E-state index >= 15 is 0 Å². The number of amides is 2. The standard InChI is InChI=1S/C15H24N4O2/c1-10(2)8-18-6-7-19(12(4)14(18)20)15(21)13-9-17(5)16-11(13)3/h9-10,12H,6-8H2,1-5H3. The molecule has 1 unspecified atom stereocenters. The minimum atomic E-state index is -0.412. The van der Waals surface area contributed by atoms with Crippen molar-refractivity contribution in [2.24, 2.45) is 13.0 Å². The first-order valence-electron chi connectivity index (χ1n) is 7.41. The number of hydrogen-bond donors (Lipinski definition) is 0. The normalized spacial score (nSPS) is 19.5. The van der Waals surface area contributed by atoms with E-state index < -0.39 is 6.04 Å². The number of nitrogens with zero attached hydrogens (tertiary/aromatic N) is 4. The average Bonchev–Trinajstić information content (AvgIpc) is 2.73. The van der Waals surface area contributed by atoms with E-state index in [1.54, 1.807) is 29.7 Å². The van der Waals surface area contributed by atoms with Gasteiger partial charge in [-0.1, -0.05) is 13.8 Å². The first-order valence-corrected chi connectivity index (χ1v) is 7.41. The number of rotatable bonds is 3. The van der Waals surface area contributed by atoms with Gasteiger partial charge in [0.2, 0.25) is 5.91 Å². The van der Waals surface area contributed by atoms with E-state index in [0.29, 0.717) is 30.3 Å².